The largest absolute Gasteiger partial charge is 0.394 e. The molecule has 0 saturated carbocycles. The van der Waals surface area contributed by atoms with Crippen LogP contribution in [0.5, 0.6) is 0 Å². The fraction of sp³-hybridized carbons (Fsp3) is 0.881. The highest BCUT2D eigenvalue weighted by atomic mass is 19.1. The zero-order valence-corrected chi connectivity index (χ0v) is 44.9. The smallest absolute Gasteiger partial charge is 0.220 e. The summed E-state index contributed by atoms with van der Waals surface area (Å²) in [6.45, 7) is 3.92. The molecule has 0 unspecified atom stereocenters. The highest BCUT2D eigenvalue weighted by Crippen LogP contribution is 2.26. The quantitative estimate of drug-likeness (QED) is 0.0350. The Morgan fingerprint density at radius 2 is 1.00 bits per heavy atom. The number of ether oxygens (including phenoxy) is 3. The predicted octanol–water partition coefficient (Wildman–Crippen LogP) is 13.3. The van der Waals surface area contributed by atoms with E-state index in [1.165, 1.54) is 185 Å². The van der Waals surface area contributed by atoms with Gasteiger partial charge >= 0.3 is 0 Å². The van der Waals surface area contributed by atoms with Gasteiger partial charge in [-0.1, -0.05) is 244 Å². The van der Waals surface area contributed by atoms with Crippen molar-refractivity contribution in [1.82, 2.24) is 5.32 Å². The average Bonchev–Trinajstić information content (AvgIpc) is 3.36. The van der Waals surface area contributed by atoms with E-state index in [1.807, 2.05) is 0 Å². The Morgan fingerprint density at radius 1 is 0.586 bits per heavy atom. The highest BCUT2D eigenvalue weighted by Gasteiger charge is 2.46. The summed E-state index contributed by atoms with van der Waals surface area (Å²) in [5, 5.41) is 57.7. The first-order valence-electron chi connectivity index (χ1n) is 29.5. The van der Waals surface area contributed by atoms with Crippen LogP contribution in [-0.4, -0.2) is 100 Å². The van der Waals surface area contributed by atoms with Crippen LogP contribution in [-0.2, 0) is 25.4 Å². The van der Waals surface area contributed by atoms with Crippen LogP contribution in [0.15, 0.2) is 24.3 Å². The molecule has 70 heavy (non-hydrogen) atoms. The van der Waals surface area contributed by atoms with Gasteiger partial charge in [-0.15, -0.1) is 0 Å². The molecule has 1 saturated heterocycles. The van der Waals surface area contributed by atoms with Gasteiger partial charge in [-0.25, -0.2) is 4.39 Å². The van der Waals surface area contributed by atoms with Gasteiger partial charge in [0, 0.05) is 13.0 Å². The summed E-state index contributed by atoms with van der Waals surface area (Å²) in [5.74, 6) is -0.559. The summed E-state index contributed by atoms with van der Waals surface area (Å²) < 4.78 is 31.0. The third kappa shape index (κ3) is 32.5. The van der Waals surface area contributed by atoms with Gasteiger partial charge in [0.2, 0.25) is 5.91 Å². The van der Waals surface area contributed by atoms with Gasteiger partial charge in [0.1, 0.15) is 36.3 Å². The lowest BCUT2D eigenvalue weighted by atomic mass is 9.98. The van der Waals surface area contributed by atoms with Crippen molar-refractivity contribution in [2.45, 2.75) is 313 Å². The molecule has 0 bridgehead atoms. The third-order valence-corrected chi connectivity index (χ3v) is 14.6. The van der Waals surface area contributed by atoms with Gasteiger partial charge in [0.25, 0.3) is 0 Å². The number of carbonyl (C=O) groups is 1. The summed E-state index contributed by atoms with van der Waals surface area (Å²) >= 11 is 0. The normalized spacial score (nSPS) is 19.6. The molecule has 0 radical (unpaired) electrons. The van der Waals surface area contributed by atoms with Crippen molar-refractivity contribution >= 4 is 5.91 Å². The maximum Gasteiger partial charge on any atom is 0.220 e. The second-order valence-electron chi connectivity index (χ2n) is 21.0. The monoisotopic (exact) mass is 994 g/mol. The van der Waals surface area contributed by atoms with E-state index in [0.29, 0.717) is 19.3 Å². The number of carbonyl (C=O) groups excluding carboxylic acids is 1. The molecular formula is C59H108FNO9. The van der Waals surface area contributed by atoms with Gasteiger partial charge in [-0.3, -0.25) is 4.79 Å². The third-order valence-electron chi connectivity index (χ3n) is 14.6. The van der Waals surface area contributed by atoms with Crippen LogP contribution < -0.4 is 5.32 Å². The number of aliphatic hydroxyl groups excluding tert-OH is 5. The summed E-state index contributed by atoms with van der Waals surface area (Å²) in [4.78, 5) is 13.3. The van der Waals surface area contributed by atoms with Crippen molar-refractivity contribution in [2.75, 3.05) is 19.8 Å². The zero-order valence-electron chi connectivity index (χ0n) is 44.9. The predicted molar refractivity (Wildman–Crippen MR) is 284 cm³/mol. The van der Waals surface area contributed by atoms with Crippen LogP contribution in [0.25, 0.3) is 0 Å². The molecular weight excluding hydrogens is 886 g/mol. The number of halogens is 1. The lowest BCUT2D eigenvalue weighted by Gasteiger charge is -2.42. The second kappa shape index (κ2) is 44.8. The number of aryl methyl sites for hydroxylation is 1. The minimum Gasteiger partial charge on any atom is -0.394 e. The van der Waals surface area contributed by atoms with Crippen LogP contribution in [0.4, 0.5) is 4.39 Å². The number of aliphatic hydroxyl groups is 5. The maximum atomic E-state index is 13.3. The van der Waals surface area contributed by atoms with Crippen LogP contribution in [0.1, 0.15) is 263 Å². The van der Waals surface area contributed by atoms with Gasteiger partial charge < -0.3 is 45.1 Å². The van der Waals surface area contributed by atoms with Crippen LogP contribution in [0.3, 0.4) is 0 Å². The van der Waals surface area contributed by atoms with E-state index < -0.39 is 55.6 Å². The van der Waals surface area contributed by atoms with E-state index in [2.05, 4.69) is 19.2 Å². The fourth-order valence-electron chi connectivity index (χ4n) is 9.95. The van der Waals surface area contributed by atoms with Crippen molar-refractivity contribution in [3.8, 4) is 0 Å². The Hall–Kier alpha value is -1.70. The highest BCUT2D eigenvalue weighted by molar-refractivity contribution is 5.76. The molecule has 1 aromatic rings. The second-order valence-corrected chi connectivity index (χ2v) is 21.0. The van der Waals surface area contributed by atoms with E-state index in [9.17, 15) is 34.7 Å². The van der Waals surface area contributed by atoms with Crippen molar-refractivity contribution in [3.05, 3.63) is 35.6 Å². The van der Waals surface area contributed by atoms with E-state index in [0.717, 1.165) is 56.9 Å². The molecule has 1 aromatic carbocycles. The fourth-order valence-corrected chi connectivity index (χ4v) is 9.95. The maximum absolute atomic E-state index is 13.3. The lowest BCUT2D eigenvalue weighted by molar-refractivity contribution is -0.309. The molecule has 1 fully saturated rings. The zero-order chi connectivity index (χ0) is 50.7. The number of hydrogen-bond acceptors (Lipinski definition) is 9. The SMILES string of the molecule is CCCCCCCCCCCCCCCCCCCCCCCCCC(=O)N[C@@H](CO[C@H]1O[C@H](CO)[C@H](OCCCc2ccc(F)cc2)[C@H](O)[C@H]1O)[C@H](O)[C@H](O)CCCCCCCCCCCCCC. The molecule has 6 N–H and O–H groups in total. The number of nitrogens with one attached hydrogen (secondary N) is 1. The molecule has 2 rings (SSSR count). The van der Waals surface area contributed by atoms with E-state index in [1.54, 1.807) is 12.1 Å². The van der Waals surface area contributed by atoms with Crippen molar-refractivity contribution in [3.63, 3.8) is 0 Å². The Kier molecular flexibility index (Phi) is 41.2. The van der Waals surface area contributed by atoms with E-state index in [4.69, 9.17) is 14.2 Å². The number of unbranched alkanes of at least 4 members (excludes halogenated alkanes) is 33. The standard InChI is InChI=1S/C59H108FNO9/c1-3-5-7-9-11-13-15-17-18-19-20-21-22-23-24-25-26-27-29-31-33-35-37-41-54(64)61-51(55(65)52(63)40-36-34-32-30-28-16-14-12-10-8-6-4-2)48-69-59-57(67)56(66)58(53(47-62)70-59)68-46-38-39-49-42-44-50(60)45-43-49/h42-45,51-53,55-59,62-63,65-67H,3-41,46-48H2,1-2H3,(H,61,64)/t51-,52+,53+,55-,56+,57+,58-,59-/m0/s1. The Bertz CT molecular complexity index is 1310. The number of amides is 1. The minimum absolute atomic E-state index is 0.203. The molecule has 8 atom stereocenters. The lowest BCUT2D eigenvalue weighted by Crippen LogP contribution is -2.61. The van der Waals surface area contributed by atoms with Crippen molar-refractivity contribution < 1.29 is 48.9 Å². The minimum atomic E-state index is -1.54. The summed E-state index contributed by atoms with van der Waals surface area (Å²) in [6.07, 6.45) is 37.3. The van der Waals surface area contributed by atoms with Crippen molar-refractivity contribution in [2.24, 2.45) is 0 Å². The van der Waals surface area contributed by atoms with Crippen LogP contribution in [0, 0.1) is 5.82 Å². The van der Waals surface area contributed by atoms with Gasteiger partial charge in [0.05, 0.1) is 25.4 Å². The Labute approximate surface area is 427 Å². The summed E-state index contributed by atoms with van der Waals surface area (Å²) in [7, 11) is 0. The molecule has 0 spiro atoms. The first kappa shape index (κ1) is 64.4. The molecule has 1 aliphatic heterocycles. The number of rotatable bonds is 49. The first-order valence-corrected chi connectivity index (χ1v) is 29.5. The molecule has 1 amide bonds. The molecule has 410 valence electrons. The molecule has 1 aliphatic rings. The van der Waals surface area contributed by atoms with Crippen LogP contribution in [0.2, 0.25) is 0 Å². The van der Waals surface area contributed by atoms with Gasteiger partial charge in [-0.2, -0.15) is 0 Å². The van der Waals surface area contributed by atoms with E-state index in [-0.39, 0.29) is 31.4 Å². The van der Waals surface area contributed by atoms with E-state index >= 15 is 0 Å². The van der Waals surface area contributed by atoms with Gasteiger partial charge in [0.15, 0.2) is 6.29 Å². The molecule has 10 nitrogen and oxygen atoms in total. The van der Waals surface area contributed by atoms with Crippen LogP contribution >= 0.6 is 0 Å². The first-order chi connectivity index (χ1) is 34.2. The molecule has 1 heterocycles. The summed E-state index contributed by atoms with van der Waals surface area (Å²) in [5.41, 5.74) is 0.932. The molecule has 11 heteroatoms. The van der Waals surface area contributed by atoms with Crippen molar-refractivity contribution in [1.29, 1.82) is 0 Å². The molecule has 0 aromatic heterocycles. The number of hydrogen-bond donors (Lipinski definition) is 6. The van der Waals surface area contributed by atoms with Gasteiger partial charge in [-0.05, 0) is 43.4 Å². The number of benzene rings is 1. The Balaban J connectivity index is 1.70. The topological polar surface area (TPSA) is 158 Å². The Morgan fingerprint density at radius 3 is 1.43 bits per heavy atom. The average molecular weight is 995 g/mol. The molecule has 0 aliphatic carbocycles. The summed E-state index contributed by atoms with van der Waals surface area (Å²) in [6, 6.07) is 5.20.